The number of thiazole rings is 1. The van der Waals surface area contributed by atoms with Crippen LogP contribution in [-0.2, 0) is 0 Å². The summed E-state index contributed by atoms with van der Waals surface area (Å²) in [5.41, 5.74) is 0.833. The molecule has 0 aliphatic carbocycles. The van der Waals surface area contributed by atoms with Gasteiger partial charge in [0.25, 0.3) is 0 Å². The zero-order valence-corrected chi connectivity index (χ0v) is 9.29. The summed E-state index contributed by atoms with van der Waals surface area (Å²) in [5, 5.41) is 8.89. The molecule has 2 aromatic rings. The van der Waals surface area contributed by atoms with Gasteiger partial charge in [-0.15, -0.1) is 0 Å². The highest BCUT2D eigenvalue weighted by atomic mass is 35.5. The zero-order valence-electron chi connectivity index (χ0n) is 6.90. The van der Waals surface area contributed by atoms with E-state index in [1.807, 2.05) is 6.07 Å². The molecule has 0 bridgehead atoms. The zero-order chi connectivity index (χ0) is 9.97. The fourth-order valence-electron chi connectivity index (χ4n) is 0.930. The first-order valence-corrected chi connectivity index (χ1v) is 5.90. The van der Waals surface area contributed by atoms with E-state index in [0.717, 1.165) is 14.7 Å². The highest BCUT2D eigenvalue weighted by Gasteiger charge is 2.05. The first-order valence-electron chi connectivity index (χ1n) is 3.72. The van der Waals surface area contributed by atoms with Crippen LogP contribution in [0.3, 0.4) is 0 Å². The Labute approximate surface area is 93.7 Å². The van der Waals surface area contributed by atoms with Crippen LogP contribution in [0.15, 0.2) is 16.5 Å². The summed E-state index contributed by atoms with van der Waals surface area (Å²) in [4.78, 5) is 9.25. The van der Waals surface area contributed by atoms with Crippen molar-refractivity contribution in [1.29, 1.82) is 5.26 Å². The number of hydrogen-bond donors (Lipinski definition) is 0. The summed E-state index contributed by atoms with van der Waals surface area (Å²) in [5.74, 6) is 0.410. The Morgan fingerprint density at radius 2 is 2.36 bits per heavy atom. The van der Waals surface area contributed by atoms with Crippen molar-refractivity contribution in [3.63, 3.8) is 0 Å². The van der Waals surface area contributed by atoms with E-state index < -0.39 is 0 Å². The maximum Gasteiger partial charge on any atom is 0.153 e. The van der Waals surface area contributed by atoms with Gasteiger partial charge in [0.05, 0.1) is 11.8 Å². The average molecular weight is 242 g/mol. The Morgan fingerprint density at radius 3 is 3.14 bits per heavy atom. The van der Waals surface area contributed by atoms with Crippen molar-refractivity contribution in [3.05, 3.63) is 17.3 Å². The highest BCUT2D eigenvalue weighted by Crippen LogP contribution is 2.28. The fraction of sp³-hybridized carbons (Fsp3) is 0.125. The van der Waals surface area contributed by atoms with E-state index in [1.54, 1.807) is 6.07 Å². The lowest BCUT2D eigenvalue weighted by Gasteiger charge is -1.85. The number of pyridine rings is 1. The van der Waals surface area contributed by atoms with Gasteiger partial charge in [0.1, 0.15) is 15.5 Å². The van der Waals surface area contributed by atoms with Gasteiger partial charge in [-0.25, -0.2) is 9.97 Å². The molecule has 0 N–H and O–H groups in total. The molecule has 14 heavy (non-hydrogen) atoms. The molecule has 0 atom stereocenters. The first-order chi connectivity index (χ1) is 6.79. The minimum atomic E-state index is 0.410. The van der Waals surface area contributed by atoms with Gasteiger partial charge in [0.15, 0.2) is 4.34 Å². The van der Waals surface area contributed by atoms with Crippen molar-refractivity contribution in [3.8, 4) is 6.07 Å². The van der Waals surface area contributed by atoms with Crippen LogP contribution in [0.2, 0.25) is 5.15 Å². The molecule has 2 aromatic heterocycles. The minimum absolute atomic E-state index is 0.410. The molecule has 0 saturated heterocycles. The molecule has 0 fully saturated rings. The summed E-state index contributed by atoms with van der Waals surface area (Å²) in [7, 11) is 0. The standard InChI is InChI=1S/C8H4ClN3S2/c9-6-2-1-5-7(12-6)14-8(11-5)13-4-3-10/h1-2H,4H2. The predicted octanol–water partition coefficient (Wildman–Crippen LogP) is 2.96. The average Bonchev–Trinajstić information content (AvgIpc) is 2.56. The highest BCUT2D eigenvalue weighted by molar-refractivity contribution is 8.01. The number of nitriles is 1. The second-order valence-electron chi connectivity index (χ2n) is 2.38. The molecule has 0 aromatic carbocycles. The second kappa shape index (κ2) is 4.13. The van der Waals surface area contributed by atoms with E-state index >= 15 is 0 Å². The summed E-state index contributed by atoms with van der Waals surface area (Å²) in [6, 6.07) is 5.60. The fourth-order valence-corrected chi connectivity index (χ4v) is 2.80. The van der Waals surface area contributed by atoms with E-state index in [4.69, 9.17) is 16.9 Å². The first kappa shape index (κ1) is 9.71. The lowest BCUT2D eigenvalue weighted by Crippen LogP contribution is -1.74. The second-order valence-corrected chi connectivity index (χ2v) is 4.97. The number of fused-ring (bicyclic) bond motifs is 1. The van der Waals surface area contributed by atoms with Crippen LogP contribution in [0.25, 0.3) is 10.3 Å². The Kier molecular flexibility index (Phi) is 2.87. The number of rotatable bonds is 2. The van der Waals surface area contributed by atoms with Gasteiger partial charge in [0, 0.05) is 0 Å². The third-order valence-electron chi connectivity index (χ3n) is 1.46. The van der Waals surface area contributed by atoms with Crippen LogP contribution in [0, 0.1) is 11.3 Å². The van der Waals surface area contributed by atoms with Crippen LogP contribution in [0.5, 0.6) is 0 Å². The van der Waals surface area contributed by atoms with Gasteiger partial charge in [-0.3, -0.25) is 0 Å². The molecule has 2 rings (SSSR count). The predicted molar refractivity (Wildman–Crippen MR) is 58.8 cm³/mol. The SMILES string of the molecule is N#CCSc1nc2ccc(Cl)nc2s1. The smallest absolute Gasteiger partial charge is 0.153 e. The lowest BCUT2D eigenvalue weighted by atomic mass is 10.5. The van der Waals surface area contributed by atoms with Crippen molar-refractivity contribution in [2.24, 2.45) is 0 Å². The van der Waals surface area contributed by atoms with Gasteiger partial charge in [-0.1, -0.05) is 34.7 Å². The van der Waals surface area contributed by atoms with Gasteiger partial charge in [0.2, 0.25) is 0 Å². The van der Waals surface area contributed by atoms with Gasteiger partial charge in [-0.2, -0.15) is 5.26 Å². The number of hydrogen-bond acceptors (Lipinski definition) is 5. The molecule has 0 saturated carbocycles. The summed E-state index contributed by atoms with van der Waals surface area (Å²) in [6.45, 7) is 0. The minimum Gasteiger partial charge on any atom is -0.228 e. The summed E-state index contributed by atoms with van der Waals surface area (Å²) >= 11 is 8.61. The third kappa shape index (κ3) is 1.98. The van der Waals surface area contributed by atoms with Crippen molar-refractivity contribution in [2.75, 3.05) is 5.75 Å². The molecule has 2 heterocycles. The molecular weight excluding hydrogens is 238 g/mol. The van der Waals surface area contributed by atoms with E-state index in [0.29, 0.717) is 10.9 Å². The quantitative estimate of drug-likeness (QED) is 0.599. The molecular formula is C8H4ClN3S2. The van der Waals surface area contributed by atoms with Crippen LogP contribution < -0.4 is 0 Å². The maximum absolute atomic E-state index is 8.42. The van der Waals surface area contributed by atoms with Gasteiger partial charge in [-0.05, 0) is 12.1 Å². The normalized spacial score (nSPS) is 10.3. The largest absolute Gasteiger partial charge is 0.228 e. The Hall–Kier alpha value is -0.830. The molecule has 3 nitrogen and oxygen atoms in total. The van der Waals surface area contributed by atoms with E-state index in [-0.39, 0.29) is 0 Å². The van der Waals surface area contributed by atoms with Crippen molar-refractivity contribution in [2.45, 2.75) is 4.34 Å². The summed E-state index contributed by atoms with van der Waals surface area (Å²) in [6.07, 6.45) is 0. The number of halogens is 1. The van der Waals surface area contributed by atoms with Crippen LogP contribution >= 0.6 is 34.7 Å². The Bertz CT molecular complexity index is 503. The molecule has 0 amide bonds. The topological polar surface area (TPSA) is 49.6 Å². The molecule has 70 valence electrons. The molecule has 0 spiro atoms. The van der Waals surface area contributed by atoms with Crippen LogP contribution in [0.1, 0.15) is 0 Å². The van der Waals surface area contributed by atoms with Crippen molar-refractivity contribution in [1.82, 2.24) is 9.97 Å². The molecule has 6 heteroatoms. The lowest BCUT2D eigenvalue weighted by molar-refractivity contribution is 1.29. The maximum atomic E-state index is 8.42. The number of nitrogens with zero attached hydrogens (tertiary/aromatic N) is 3. The van der Waals surface area contributed by atoms with Crippen molar-refractivity contribution < 1.29 is 0 Å². The third-order valence-corrected chi connectivity index (χ3v) is 3.65. The number of aromatic nitrogens is 2. The molecule has 0 aliphatic rings. The van der Waals surface area contributed by atoms with E-state index in [2.05, 4.69) is 16.0 Å². The van der Waals surface area contributed by atoms with Gasteiger partial charge >= 0.3 is 0 Å². The summed E-state index contributed by atoms with van der Waals surface area (Å²) < 4.78 is 0.858. The van der Waals surface area contributed by atoms with Gasteiger partial charge < -0.3 is 0 Å². The van der Waals surface area contributed by atoms with Crippen LogP contribution in [0.4, 0.5) is 0 Å². The molecule has 0 unspecified atom stereocenters. The Balaban J connectivity index is 2.37. The van der Waals surface area contributed by atoms with Crippen LogP contribution in [-0.4, -0.2) is 15.7 Å². The Morgan fingerprint density at radius 1 is 1.50 bits per heavy atom. The van der Waals surface area contributed by atoms with E-state index in [1.165, 1.54) is 23.1 Å². The molecule has 0 aliphatic heterocycles. The number of thioether (sulfide) groups is 1. The van der Waals surface area contributed by atoms with E-state index in [9.17, 15) is 0 Å². The monoisotopic (exact) mass is 241 g/mol. The molecule has 0 radical (unpaired) electrons. The van der Waals surface area contributed by atoms with Crippen molar-refractivity contribution >= 4 is 45.0 Å².